The number of fused-ring (bicyclic) bond motifs is 1. The van der Waals surface area contributed by atoms with Crippen LogP contribution in [-0.2, 0) is 33.4 Å². The van der Waals surface area contributed by atoms with Crippen LogP contribution >= 0.6 is 0 Å². The van der Waals surface area contributed by atoms with Crippen molar-refractivity contribution < 1.29 is 48.4 Å². The zero-order chi connectivity index (χ0) is 31.0. The van der Waals surface area contributed by atoms with Gasteiger partial charge in [-0.15, -0.1) is 6.58 Å². The summed E-state index contributed by atoms with van der Waals surface area (Å²) in [6.07, 6.45) is -2.28. The lowest BCUT2D eigenvalue weighted by Gasteiger charge is -2.63. The Morgan fingerprint density at radius 2 is 1.73 bits per heavy atom. The maximum Gasteiger partial charge on any atom is 0.338 e. The summed E-state index contributed by atoms with van der Waals surface area (Å²) < 4.78 is 16.9. The van der Waals surface area contributed by atoms with Crippen molar-refractivity contribution in [3.05, 3.63) is 48.6 Å². The topological polar surface area (TPSA) is 154 Å². The van der Waals surface area contributed by atoms with Gasteiger partial charge < -0.3 is 24.4 Å². The third-order valence-electron chi connectivity index (χ3n) is 9.03. The van der Waals surface area contributed by atoms with Crippen LogP contribution in [0.3, 0.4) is 0 Å². The normalized spacial score (nSPS) is 33.2. The number of Topliss-reactive ketones (excluding diaryl/α,β-unsaturated/α-hetero) is 1. The summed E-state index contributed by atoms with van der Waals surface area (Å²) in [5.74, 6) is -6.39. The minimum absolute atomic E-state index is 0.0683. The van der Waals surface area contributed by atoms with E-state index in [2.05, 4.69) is 6.58 Å². The number of benzene rings is 1. The van der Waals surface area contributed by atoms with Gasteiger partial charge in [-0.05, 0) is 57.6 Å². The van der Waals surface area contributed by atoms with Crippen molar-refractivity contribution >= 4 is 29.7 Å². The molecule has 7 unspecified atom stereocenters. The van der Waals surface area contributed by atoms with Crippen molar-refractivity contribution in [2.75, 3.05) is 6.61 Å². The summed E-state index contributed by atoms with van der Waals surface area (Å²) in [6.45, 7) is 12.9. The number of ketones is 1. The second-order valence-electron chi connectivity index (χ2n) is 12.2. The molecular weight excluding hydrogens is 532 g/mol. The van der Waals surface area contributed by atoms with Crippen LogP contribution in [0.2, 0.25) is 0 Å². The highest BCUT2D eigenvalue weighted by Crippen LogP contribution is 2.63. The quantitative estimate of drug-likeness (QED) is 0.254. The second-order valence-corrected chi connectivity index (χ2v) is 12.2. The minimum atomic E-state index is -2.47. The molecule has 2 saturated carbocycles. The molecule has 1 aromatic carbocycles. The first kappa shape index (κ1) is 32.0. The number of aliphatic hydroxyl groups is 1. The highest BCUT2D eigenvalue weighted by atomic mass is 16.6. The molecular formula is C31H40O10. The van der Waals surface area contributed by atoms with Crippen molar-refractivity contribution in [2.24, 2.45) is 28.1 Å². The van der Waals surface area contributed by atoms with Gasteiger partial charge >= 0.3 is 23.9 Å². The lowest BCUT2D eigenvalue weighted by atomic mass is 9.42. The molecule has 224 valence electrons. The number of carbonyl (C=O) groups is 5. The summed E-state index contributed by atoms with van der Waals surface area (Å²) in [4.78, 5) is 65.5. The van der Waals surface area contributed by atoms with Gasteiger partial charge in [0.25, 0.3) is 0 Å². The molecule has 0 aliphatic heterocycles. The summed E-state index contributed by atoms with van der Waals surface area (Å²) in [5, 5.41) is 22.6. The van der Waals surface area contributed by atoms with Crippen molar-refractivity contribution in [1.29, 1.82) is 0 Å². The molecule has 41 heavy (non-hydrogen) atoms. The number of carboxylic acid groups (broad SMARTS) is 1. The third kappa shape index (κ3) is 5.54. The zero-order valence-electron chi connectivity index (χ0n) is 24.5. The number of carbonyl (C=O) groups excluding carboxylic acids is 4. The van der Waals surface area contributed by atoms with Crippen LogP contribution in [0.1, 0.15) is 71.2 Å². The Labute approximate surface area is 240 Å². The predicted molar refractivity (Wildman–Crippen MR) is 146 cm³/mol. The first-order valence-corrected chi connectivity index (χ1v) is 13.7. The molecule has 0 aromatic heterocycles. The number of aliphatic carboxylic acids is 1. The van der Waals surface area contributed by atoms with Crippen LogP contribution in [-0.4, -0.2) is 64.3 Å². The fourth-order valence-electron chi connectivity index (χ4n) is 7.21. The van der Waals surface area contributed by atoms with Gasteiger partial charge in [0, 0.05) is 19.3 Å². The first-order chi connectivity index (χ1) is 19.0. The van der Waals surface area contributed by atoms with Crippen LogP contribution in [0.5, 0.6) is 0 Å². The van der Waals surface area contributed by atoms with E-state index in [1.807, 2.05) is 0 Å². The van der Waals surface area contributed by atoms with Gasteiger partial charge in [-0.3, -0.25) is 19.2 Å². The SMILES string of the molecule is C=CC1(C)CC(OC(=O)c2ccccc2)C2C(C)(CC(=O)O)C(C(C)(C)C(=O)OCC)CC(OC(C)=O)C2(O)C1=O. The van der Waals surface area contributed by atoms with Gasteiger partial charge in [0.05, 0.1) is 29.4 Å². The van der Waals surface area contributed by atoms with Crippen molar-refractivity contribution in [3.63, 3.8) is 0 Å². The summed E-state index contributed by atoms with van der Waals surface area (Å²) in [5.41, 5.74) is -6.55. The van der Waals surface area contributed by atoms with E-state index < -0.39 is 82.0 Å². The van der Waals surface area contributed by atoms with Crippen molar-refractivity contribution in [2.45, 2.75) is 78.6 Å². The molecule has 1 aromatic rings. The number of esters is 3. The summed E-state index contributed by atoms with van der Waals surface area (Å²) in [6, 6.07) is 8.10. The van der Waals surface area contributed by atoms with Crippen LogP contribution in [0.25, 0.3) is 0 Å². The Hall–Kier alpha value is -3.53. The van der Waals surface area contributed by atoms with E-state index in [1.165, 1.54) is 13.0 Å². The smallest absolute Gasteiger partial charge is 0.338 e. The van der Waals surface area contributed by atoms with Crippen molar-refractivity contribution in [3.8, 4) is 0 Å². The Kier molecular flexibility index (Phi) is 8.89. The Balaban J connectivity index is 2.33. The fraction of sp³-hybridized carbons (Fsp3) is 0.581. The maximum atomic E-state index is 14.2. The molecule has 7 atom stereocenters. The molecule has 0 amide bonds. The standard InChI is InChI=1S/C31H40O10/c1-8-29(6)16-20(41-25(35)19-13-11-10-12-14-19)24-30(7,17-23(33)34)21(28(4,5)27(37)39-9-2)15-22(40-18(3)32)31(24,38)26(29)36/h8,10-14,20-22,24,38H,1,9,15-17H2,2-7H3,(H,33,34). The highest BCUT2D eigenvalue weighted by molar-refractivity contribution is 5.97. The van der Waals surface area contributed by atoms with Crippen LogP contribution in [0.15, 0.2) is 43.0 Å². The predicted octanol–water partition coefficient (Wildman–Crippen LogP) is 3.75. The molecule has 0 saturated heterocycles. The van der Waals surface area contributed by atoms with E-state index in [4.69, 9.17) is 14.2 Å². The van der Waals surface area contributed by atoms with Gasteiger partial charge in [0.2, 0.25) is 0 Å². The van der Waals surface area contributed by atoms with E-state index in [1.54, 1.807) is 58.0 Å². The molecule has 0 bridgehead atoms. The van der Waals surface area contributed by atoms with Gasteiger partial charge in [0.15, 0.2) is 11.4 Å². The molecule has 2 aliphatic rings. The van der Waals surface area contributed by atoms with Gasteiger partial charge in [0.1, 0.15) is 12.2 Å². The van der Waals surface area contributed by atoms with E-state index >= 15 is 0 Å². The lowest BCUT2D eigenvalue weighted by molar-refractivity contribution is -0.257. The van der Waals surface area contributed by atoms with E-state index in [0.29, 0.717) is 0 Å². The fourth-order valence-corrected chi connectivity index (χ4v) is 7.21. The molecule has 3 rings (SSSR count). The number of ether oxygens (including phenoxy) is 3. The molecule has 0 heterocycles. The monoisotopic (exact) mass is 572 g/mol. The Morgan fingerprint density at radius 1 is 1.12 bits per heavy atom. The van der Waals surface area contributed by atoms with E-state index in [9.17, 15) is 34.2 Å². The van der Waals surface area contributed by atoms with Crippen LogP contribution < -0.4 is 0 Å². The number of hydrogen-bond donors (Lipinski definition) is 2. The zero-order valence-corrected chi connectivity index (χ0v) is 24.5. The van der Waals surface area contributed by atoms with E-state index in [0.717, 1.165) is 6.92 Å². The van der Waals surface area contributed by atoms with Crippen LogP contribution in [0.4, 0.5) is 0 Å². The number of hydrogen-bond acceptors (Lipinski definition) is 9. The number of allylic oxidation sites excluding steroid dienone is 1. The van der Waals surface area contributed by atoms with Gasteiger partial charge in [-0.1, -0.05) is 31.2 Å². The second kappa shape index (κ2) is 11.4. The molecule has 10 heteroatoms. The minimum Gasteiger partial charge on any atom is -0.481 e. The molecule has 2 fully saturated rings. The average Bonchev–Trinajstić information content (AvgIpc) is 2.88. The first-order valence-electron chi connectivity index (χ1n) is 13.7. The highest BCUT2D eigenvalue weighted by Gasteiger charge is 2.74. The number of carboxylic acids is 1. The number of rotatable bonds is 9. The molecule has 10 nitrogen and oxygen atoms in total. The maximum absolute atomic E-state index is 14.2. The van der Waals surface area contributed by atoms with E-state index in [-0.39, 0.29) is 25.0 Å². The lowest BCUT2D eigenvalue weighted by Crippen LogP contribution is -2.75. The molecule has 2 N–H and O–H groups in total. The molecule has 2 aliphatic carbocycles. The Morgan fingerprint density at radius 3 is 2.24 bits per heavy atom. The van der Waals surface area contributed by atoms with Crippen molar-refractivity contribution in [1.82, 2.24) is 0 Å². The van der Waals surface area contributed by atoms with Crippen LogP contribution in [0, 0.1) is 28.1 Å². The third-order valence-corrected chi connectivity index (χ3v) is 9.03. The largest absolute Gasteiger partial charge is 0.481 e. The van der Waals surface area contributed by atoms with Gasteiger partial charge in [-0.25, -0.2) is 4.79 Å². The molecule has 0 spiro atoms. The Bertz CT molecular complexity index is 1220. The summed E-state index contributed by atoms with van der Waals surface area (Å²) in [7, 11) is 0. The average molecular weight is 573 g/mol. The van der Waals surface area contributed by atoms with Gasteiger partial charge in [-0.2, -0.15) is 0 Å². The molecule has 0 radical (unpaired) electrons. The summed E-state index contributed by atoms with van der Waals surface area (Å²) >= 11 is 0.